The molecule has 38 heavy (non-hydrogen) atoms. The molecule has 0 nitrogen and oxygen atoms in total. The average Bonchev–Trinajstić information content (AvgIpc) is 2.99. The first-order chi connectivity index (χ1) is 18.8. The van der Waals surface area contributed by atoms with Crippen molar-refractivity contribution in [2.24, 2.45) is 11.8 Å². The summed E-state index contributed by atoms with van der Waals surface area (Å²) in [5.74, 6) is 0.852. The monoisotopic (exact) mass is 480 g/mol. The largest absolute Gasteiger partial charge is 0.0617 e. The molecule has 0 radical (unpaired) electrons. The summed E-state index contributed by atoms with van der Waals surface area (Å²) in [6.07, 6.45) is 20.7. The van der Waals surface area contributed by atoms with Crippen molar-refractivity contribution < 1.29 is 0 Å². The van der Waals surface area contributed by atoms with E-state index in [2.05, 4.69) is 134 Å². The summed E-state index contributed by atoms with van der Waals surface area (Å²) in [6.45, 7) is 0. The molecule has 0 heterocycles. The van der Waals surface area contributed by atoms with Crippen molar-refractivity contribution in [1.29, 1.82) is 0 Å². The predicted molar refractivity (Wildman–Crippen MR) is 161 cm³/mol. The van der Waals surface area contributed by atoms with Gasteiger partial charge in [0.2, 0.25) is 0 Å². The smallest absolute Gasteiger partial charge is 0.0205 e. The third-order valence-corrected chi connectivity index (χ3v) is 9.04. The molecule has 0 saturated carbocycles. The highest BCUT2D eigenvalue weighted by Gasteiger charge is 2.38. The summed E-state index contributed by atoms with van der Waals surface area (Å²) in [6, 6.07) is 29.5. The first-order valence-electron chi connectivity index (χ1n) is 13.5. The molecule has 0 aromatic heterocycles. The third kappa shape index (κ3) is 2.70. The molecule has 0 heteroatoms. The topological polar surface area (TPSA) is 0 Å². The molecule has 5 aromatic rings. The summed E-state index contributed by atoms with van der Waals surface area (Å²) in [5, 5.41) is 8.01. The number of rotatable bonds is 2. The molecule has 0 aliphatic heterocycles. The normalized spacial score (nSPS) is 21.2. The van der Waals surface area contributed by atoms with Crippen LogP contribution < -0.4 is 0 Å². The van der Waals surface area contributed by atoms with Crippen LogP contribution in [-0.2, 0) is 0 Å². The second-order valence-electron chi connectivity index (χ2n) is 10.9. The first kappa shape index (κ1) is 20.4. The van der Waals surface area contributed by atoms with Gasteiger partial charge in [-0.1, -0.05) is 134 Å². The molecule has 4 aliphatic rings. The molecule has 0 bridgehead atoms. The maximum absolute atomic E-state index is 2.36. The molecule has 2 unspecified atom stereocenters. The SMILES string of the molecule is C1=CC2=CC=C3C=CC(c4ccc(-c5ccc6ccc7cccc8ccc5c6c78)cc4)=C4C=CC(=C1)C2C34. The van der Waals surface area contributed by atoms with Crippen molar-refractivity contribution in [3.8, 4) is 11.1 Å². The van der Waals surface area contributed by atoms with E-state index in [1.54, 1.807) is 0 Å². The Morgan fingerprint density at radius 1 is 0.447 bits per heavy atom. The lowest BCUT2D eigenvalue weighted by Crippen LogP contribution is -2.29. The summed E-state index contributed by atoms with van der Waals surface area (Å²) in [5.41, 5.74) is 10.9. The lowest BCUT2D eigenvalue weighted by molar-refractivity contribution is 0.566. The highest BCUT2D eigenvalue weighted by atomic mass is 14.4. The second-order valence-corrected chi connectivity index (χ2v) is 10.9. The fraction of sp³-hybridized carbons (Fsp3) is 0.0526. The van der Waals surface area contributed by atoms with E-state index in [1.165, 1.54) is 76.9 Å². The molecule has 176 valence electrons. The molecule has 0 spiro atoms. The van der Waals surface area contributed by atoms with Gasteiger partial charge in [0.15, 0.2) is 0 Å². The maximum Gasteiger partial charge on any atom is 0.0205 e. The Labute approximate surface area is 222 Å². The van der Waals surface area contributed by atoms with Crippen LogP contribution in [0.25, 0.3) is 49.0 Å². The lowest BCUT2D eigenvalue weighted by atomic mass is 9.63. The zero-order valence-corrected chi connectivity index (χ0v) is 20.9. The van der Waals surface area contributed by atoms with E-state index in [4.69, 9.17) is 0 Å². The van der Waals surface area contributed by atoms with Crippen LogP contribution in [0, 0.1) is 11.8 Å². The van der Waals surface area contributed by atoms with Crippen LogP contribution in [0.2, 0.25) is 0 Å². The van der Waals surface area contributed by atoms with Gasteiger partial charge < -0.3 is 0 Å². The van der Waals surface area contributed by atoms with Gasteiger partial charge in [0.1, 0.15) is 0 Å². The molecule has 9 rings (SSSR count). The van der Waals surface area contributed by atoms with Crippen molar-refractivity contribution in [2.75, 3.05) is 0 Å². The fourth-order valence-corrected chi connectivity index (χ4v) is 7.28. The van der Waals surface area contributed by atoms with E-state index in [9.17, 15) is 0 Å². The molecule has 2 atom stereocenters. The summed E-state index contributed by atoms with van der Waals surface area (Å²) < 4.78 is 0. The Bertz CT molecular complexity index is 2030. The quantitative estimate of drug-likeness (QED) is 0.221. The summed E-state index contributed by atoms with van der Waals surface area (Å²) >= 11 is 0. The van der Waals surface area contributed by atoms with Crippen molar-refractivity contribution >= 4 is 37.9 Å². The van der Waals surface area contributed by atoms with Gasteiger partial charge in [-0.2, -0.15) is 0 Å². The molecule has 0 N–H and O–H groups in total. The Kier molecular flexibility index (Phi) is 3.99. The molecular formula is C38H24. The van der Waals surface area contributed by atoms with Crippen LogP contribution in [0.15, 0.2) is 156 Å². The summed E-state index contributed by atoms with van der Waals surface area (Å²) in [7, 11) is 0. The fourth-order valence-electron chi connectivity index (χ4n) is 7.28. The number of hydrogen-bond donors (Lipinski definition) is 0. The van der Waals surface area contributed by atoms with Crippen LogP contribution in [0.5, 0.6) is 0 Å². The van der Waals surface area contributed by atoms with Gasteiger partial charge in [0.05, 0.1) is 0 Å². The van der Waals surface area contributed by atoms with Gasteiger partial charge in [0, 0.05) is 11.8 Å². The zero-order valence-electron chi connectivity index (χ0n) is 20.9. The third-order valence-electron chi connectivity index (χ3n) is 9.04. The molecule has 5 aromatic carbocycles. The van der Waals surface area contributed by atoms with Crippen LogP contribution in [-0.4, -0.2) is 0 Å². The van der Waals surface area contributed by atoms with Crippen molar-refractivity contribution in [3.05, 3.63) is 161 Å². The Morgan fingerprint density at radius 2 is 1.11 bits per heavy atom. The van der Waals surface area contributed by atoms with Crippen LogP contribution in [0.3, 0.4) is 0 Å². The van der Waals surface area contributed by atoms with Gasteiger partial charge in [-0.15, -0.1) is 0 Å². The zero-order chi connectivity index (χ0) is 24.8. The van der Waals surface area contributed by atoms with E-state index in [1.807, 2.05) is 0 Å². The second kappa shape index (κ2) is 7.43. The number of benzene rings is 5. The van der Waals surface area contributed by atoms with Crippen LogP contribution >= 0.6 is 0 Å². The van der Waals surface area contributed by atoms with E-state index in [0.29, 0.717) is 11.8 Å². The Hall–Kier alpha value is -4.68. The predicted octanol–water partition coefficient (Wildman–Crippen LogP) is 9.74. The van der Waals surface area contributed by atoms with Gasteiger partial charge in [-0.05, 0) is 76.9 Å². The van der Waals surface area contributed by atoms with Gasteiger partial charge in [-0.3, -0.25) is 0 Å². The van der Waals surface area contributed by atoms with Crippen LogP contribution in [0.1, 0.15) is 5.56 Å². The van der Waals surface area contributed by atoms with Gasteiger partial charge in [-0.25, -0.2) is 0 Å². The number of allylic oxidation sites excluding steroid dienone is 14. The minimum absolute atomic E-state index is 0.411. The van der Waals surface area contributed by atoms with Gasteiger partial charge in [0.25, 0.3) is 0 Å². The van der Waals surface area contributed by atoms with E-state index in [0.717, 1.165) is 0 Å². The Morgan fingerprint density at radius 3 is 1.95 bits per heavy atom. The summed E-state index contributed by atoms with van der Waals surface area (Å²) in [4.78, 5) is 0. The first-order valence-corrected chi connectivity index (χ1v) is 13.5. The molecular weight excluding hydrogens is 456 g/mol. The molecule has 0 amide bonds. The van der Waals surface area contributed by atoms with Crippen molar-refractivity contribution in [3.63, 3.8) is 0 Å². The van der Waals surface area contributed by atoms with E-state index < -0.39 is 0 Å². The highest BCUT2D eigenvalue weighted by molar-refractivity contribution is 6.25. The molecule has 4 aliphatic carbocycles. The minimum atomic E-state index is 0.411. The van der Waals surface area contributed by atoms with E-state index in [-0.39, 0.29) is 0 Å². The van der Waals surface area contributed by atoms with Gasteiger partial charge >= 0.3 is 0 Å². The Balaban J connectivity index is 1.18. The highest BCUT2D eigenvalue weighted by Crippen LogP contribution is 2.51. The van der Waals surface area contributed by atoms with Crippen LogP contribution in [0.4, 0.5) is 0 Å². The van der Waals surface area contributed by atoms with Crippen molar-refractivity contribution in [1.82, 2.24) is 0 Å². The maximum atomic E-state index is 2.36. The number of hydrogen-bond acceptors (Lipinski definition) is 0. The molecule has 0 fully saturated rings. The standard InChI is InChI=1S/C38H24/c1-3-25-11-13-29-15-19-31(33-21-17-27(5-1)35(25)37(29)33)23-7-9-24(10-8-23)32-20-16-30-14-12-26-4-2-6-28-18-22-34(32)38(30)36(26)28/h1-22,35,37H. The minimum Gasteiger partial charge on any atom is -0.0617 e. The lowest BCUT2D eigenvalue weighted by Gasteiger charge is -2.40. The molecule has 0 saturated heterocycles. The van der Waals surface area contributed by atoms with E-state index >= 15 is 0 Å². The van der Waals surface area contributed by atoms with Crippen molar-refractivity contribution in [2.45, 2.75) is 0 Å². The average molecular weight is 481 g/mol.